The number of Topliss-reactive ketones (excluding diaryl/α,β-unsaturated/α-hetero) is 1. The summed E-state index contributed by atoms with van der Waals surface area (Å²) in [6.07, 6.45) is 1.75. The molecule has 35 heavy (non-hydrogen) atoms. The van der Waals surface area contributed by atoms with Crippen molar-refractivity contribution in [1.82, 2.24) is 15.0 Å². The molecule has 8 nitrogen and oxygen atoms in total. The number of pyridine rings is 1. The molecule has 0 unspecified atom stereocenters. The van der Waals surface area contributed by atoms with Crippen LogP contribution in [-0.2, 0) is 32.4 Å². The number of nitrogens with one attached hydrogen (secondary N) is 2. The second-order valence-corrected chi connectivity index (χ2v) is 9.91. The van der Waals surface area contributed by atoms with E-state index in [1.54, 1.807) is 36.5 Å². The Morgan fingerprint density at radius 1 is 1.03 bits per heavy atom. The first kappa shape index (κ1) is 24.6. The van der Waals surface area contributed by atoms with E-state index in [4.69, 9.17) is 4.74 Å². The maximum Gasteiger partial charge on any atom is 0.251 e. The second kappa shape index (κ2) is 10.9. The number of ether oxygens (including phenoxy) is 1. The molecule has 2 aromatic carbocycles. The van der Waals surface area contributed by atoms with Gasteiger partial charge in [-0.3, -0.25) is 14.6 Å². The fraction of sp³-hybridized carbons (Fsp3) is 0.240. The number of sulfonamides is 1. The fourth-order valence-corrected chi connectivity index (χ4v) is 4.72. The molecule has 10 heteroatoms. The highest BCUT2D eigenvalue weighted by atomic mass is 32.2. The topological polar surface area (TPSA) is 114 Å². The van der Waals surface area contributed by atoms with Crippen molar-refractivity contribution in [2.24, 2.45) is 0 Å². The monoisotopic (exact) mass is 497 g/mol. The lowest BCUT2D eigenvalue weighted by Gasteiger charge is -2.26. The summed E-state index contributed by atoms with van der Waals surface area (Å²) < 4.78 is 45.7. The van der Waals surface area contributed by atoms with Crippen LogP contribution in [0.2, 0.25) is 0 Å². The number of nitrogens with zero attached hydrogens (tertiary/aromatic N) is 1. The molecule has 2 heterocycles. The van der Waals surface area contributed by atoms with E-state index in [1.165, 1.54) is 36.4 Å². The number of rotatable bonds is 10. The lowest BCUT2D eigenvalue weighted by atomic mass is 9.99. The number of amides is 1. The summed E-state index contributed by atoms with van der Waals surface area (Å²) in [6.45, 7) is 0.681. The van der Waals surface area contributed by atoms with E-state index < -0.39 is 27.8 Å². The van der Waals surface area contributed by atoms with Gasteiger partial charge in [0.25, 0.3) is 5.91 Å². The quantitative estimate of drug-likeness (QED) is 0.443. The van der Waals surface area contributed by atoms with Gasteiger partial charge in [0.15, 0.2) is 5.78 Å². The van der Waals surface area contributed by atoms with Crippen LogP contribution in [-0.4, -0.2) is 50.4 Å². The first-order valence-electron chi connectivity index (χ1n) is 11.0. The Labute approximate surface area is 202 Å². The zero-order chi connectivity index (χ0) is 24.8. The Morgan fingerprint density at radius 3 is 2.34 bits per heavy atom. The van der Waals surface area contributed by atoms with Gasteiger partial charge in [0.2, 0.25) is 10.0 Å². The van der Waals surface area contributed by atoms with Crippen LogP contribution >= 0.6 is 0 Å². The van der Waals surface area contributed by atoms with Gasteiger partial charge in [-0.05, 0) is 54.1 Å². The summed E-state index contributed by atoms with van der Waals surface area (Å²) >= 11 is 0. The van der Waals surface area contributed by atoms with Gasteiger partial charge in [-0.1, -0.05) is 18.2 Å². The van der Waals surface area contributed by atoms with Crippen molar-refractivity contribution in [2.45, 2.75) is 29.8 Å². The molecule has 1 amide bonds. The molecule has 2 N–H and O–H groups in total. The molecule has 1 atom stereocenters. The van der Waals surface area contributed by atoms with Gasteiger partial charge in [0.1, 0.15) is 5.82 Å². The molecular weight excluding hydrogens is 473 g/mol. The molecule has 1 aliphatic heterocycles. The van der Waals surface area contributed by atoms with E-state index in [1.807, 2.05) is 0 Å². The summed E-state index contributed by atoms with van der Waals surface area (Å²) in [7, 11) is -3.68. The Kier molecular flexibility index (Phi) is 7.64. The standard InChI is InChI=1S/C25H24FN3O5S/c26-19-8-6-18(7-9-19)25(31)28-23(14-20-3-1-2-12-27-20)24(30)13-17-4-10-22(11-5-17)35(32,33)29-21-15-34-16-21/h1-12,21,23,29H,13-16H2,(H,28,31)/t23-/m0/s1. The van der Waals surface area contributed by atoms with E-state index in [2.05, 4.69) is 15.0 Å². The maximum absolute atomic E-state index is 13.2. The van der Waals surface area contributed by atoms with Gasteiger partial charge in [-0.25, -0.2) is 17.5 Å². The van der Waals surface area contributed by atoms with Gasteiger partial charge < -0.3 is 10.1 Å². The molecule has 3 aromatic rings. The summed E-state index contributed by atoms with van der Waals surface area (Å²) in [5.41, 5.74) is 1.45. The highest BCUT2D eigenvalue weighted by Gasteiger charge is 2.26. The summed E-state index contributed by atoms with van der Waals surface area (Å²) in [5.74, 6) is -1.25. The Morgan fingerprint density at radius 2 is 1.74 bits per heavy atom. The van der Waals surface area contributed by atoms with Gasteiger partial charge in [0.05, 0.1) is 30.2 Å². The number of aromatic nitrogens is 1. The molecule has 1 saturated heterocycles. The van der Waals surface area contributed by atoms with Gasteiger partial charge in [-0.2, -0.15) is 0 Å². The number of ketones is 1. The lowest BCUT2D eigenvalue weighted by molar-refractivity contribution is -0.120. The predicted molar refractivity (Wildman–Crippen MR) is 126 cm³/mol. The van der Waals surface area contributed by atoms with Crippen molar-refractivity contribution >= 4 is 21.7 Å². The average molecular weight is 498 g/mol. The molecular formula is C25H24FN3O5S. The third kappa shape index (κ3) is 6.56. The van der Waals surface area contributed by atoms with Crippen LogP contribution in [0, 0.1) is 5.82 Å². The van der Waals surface area contributed by atoms with E-state index in [-0.39, 0.29) is 35.1 Å². The largest absolute Gasteiger partial charge is 0.378 e. The molecule has 1 aromatic heterocycles. The smallest absolute Gasteiger partial charge is 0.251 e. The summed E-state index contributed by atoms with van der Waals surface area (Å²) in [5, 5.41) is 2.72. The van der Waals surface area contributed by atoms with Crippen molar-refractivity contribution in [1.29, 1.82) is 0 Å². The van der Waals surface area contributed by atoms with E-state index in [0.29, 0.717) is 24.5 Å². The highest BCUT2D eigenvalue weighted by molar-refractivity contribution is 7.89. The van der Waals surface area contributed by atoms with Crippen LogP contribution < -0.4 is 10.0 Å². The minimum atomic E-state index is -3.68. The van der Waals surface area contributed by atoms with Crippen LogP contribution in [0.5, 0.6) is 0 Å². The van der Waals surface area contributed by atoms with Crippen LogP contribution in [0.4, 0.5) is 4.39 Å². The first-order valence-corrected chi connectivity index (χ1v) is 12.5. The van der Waals surface area contributed by atoms with Gasteiger partial charge >= 0.3 is 0 Å². The van der Waals surface area contributed by atoms with Crippen LogP contribution in [0.3, 0.4) is 0 Å². The lowest BCUT2D eigenvalue weighted by Crippen LogP contribution is -2.48. The van der Waals surface area contributed by atoms with Crippen LogP contribution in [0.15, 0.2) is 77.8 Å². The average Bonchev–Trinajstić information content (AvgIpc) is 2.82. The minimum Gasteiger partial charge on any atom is -0.378 e. The molecule has 182 valence electrons. The molecule has 0 aliphatic carbocycles. The van der Waals surface area contributed by atoms with Gasteiger partial charge in [-0.15, -0.1) is 0 Å². The molecule has 0 bridgehead atoms. The van der Waals surface area contributed by atoms with Crippen LogP contribution in [0.25, 0.3) is 0 Å². The SMILES string of the molecule is O=C(N[C@@H](Cc1ccccn1)C(=O)Cc1ccc(S(=O)(=O)NC2COC2)cc1)c1ccc(F)cc1. The Balaban J connectivity index is 1.47. The number of hydrogen-bond donors (Lipinski definition) is 2. The predicted octanol–water partition coefficient (Wildman–Crippen LogP) is 2.05. The fourth-order valence-electron chi connectivity index (χ4n) is 3.52. The van der Waals surface area contributed by atoms with E-state index in [0.717, 1.165) is 0 Å². The summed E-state index contributed by atoms with van der Waals surface area (Å²) in [6, 6.07) is 15.2. The molecule has 0 spiro atoms. The van der Waals surface area contributed by atoms with E-state index >= 15 is 0 Å². The van der Waals surface area contributed by atoms with Crippen LogP contribution in [0.1, 0.15) is 21.6 Å². The highest BCUT2D eigenvalue weighted by Crippen LogP contribution is 2.15. The van der Waals surface area contributed by atoms with Gasteiger partial charge in [0, 0.05) is 30.3 Å². The number of benzene rings is 2. The van der Waals surface area contributed by atoms with Crippen molar-refractivity contribution < 1.29 is 27.1 Å². The maximum atomic E-state index is 13.2. The minimum absolute atomic E-state index is 0.0224. The summed E-state index contributed by atoms with van der Waals surface area (Å²) in [4.78, 5) is 30.2. The number of carbonyl (C=O) groups is 2. The zero-order valence-corrected chi connectivity index (χ0v) is 19.5. The Hall–Kier alpha value is -3.47. The first-order chi connectivity index (χ1) is 16.8. The zero-order valence-electron chi connectivity index (χ0n) is 18.7. The number of carbonyl (C=O) groups excluding carboxylic acids is 2. The number of halogens is 1. The second-order valence-electron chi connectivity index (χ2n) is 8.20. The molecule has 0 radical (unpaired) electrons. The van der Waals surface area contributed by atoms with Crippen molar-refractivity contribution in [2.75, 3.05) is 13.2 Å². The third-order valence-electron chi connectivity index (χ3n) is 5.51. The molecule has 0 saturated carbocycles. The van der Waals surface area contributed by atoms with Crippen molar-refractivity contribution in [3.63, 3.8) is 0 Å². The molecule has 1 fully saturated rings. The Bertz CT molecular complexity index is 1280. The molecule has 4 rings (SSSR count). The normalized spacial score (nSPS) is 14.7. The van der Waals surface area contributed by atoms with E-state index in [9.17, 15) is 22.4 Å². The van der Waals surface area contributed by atoms with Crippen molar-refractivity contribution in [3.05, 3.63) is 95.6 Å². The molecule has 1 aliphatic rings. The third-order valence-corrected chi connectivity index (χ3v) is 7.05. The number of hydrogen-bond acceptors (Lipinski definition) is 6. The van der Waals surface area contributed by atoms with Crippen molar-refractivity contribution in [3.8, 4) is 0 Å².